The fraction of sp³-hybridized carbons (Fsp3) is 0.0323. The molecule has 0 aliphatic rings. The quantitative estimate of drug-likeness (QED) is 0.271. The van der Waals surface area contributed by atoms with Crippen LogP contribution in [0.15, 0.2) is 140 Å². The number of benzene rings is 5. The number of nitrogens with zero attached hydrogens (tertiary/aromatic N) is 1. The van der Waals surface area contributed by atoms with Gasteiger partial charge >= 0.3 is 0 Å². The summed E-state index contributed by atoms with van der Waals surface area (Å²) in [5.41, 5.74) is 8.57. The van der Waals surface area contributed by atoms with Crippen LogP contribution in [0.5, 0.6) is 0 Å². The molecular formula is C31H25N. The second-order valence-corrected chi connectivity index (χ2v) is 7.91. The predicted octanol–water partition coefficient (Wildman–Crippen LogP) is 8.41. The van der Waals surface area contributed by atoms with Crippen molar-refractivity contribution in [2.45, 2.75) is 6.42 Å². The van der Waals surface area contributed by atoms with E-state index in [4.69, 9.17) is 0 Å². The Labute approximate surface area is 190 Å². The number of para-hydroxylation sites is 2. The van der Waals surface area contributed by atoms with Gasteiger partial charge in [0.1, 0.15) is 0 Å². The first-order valence-corrected chi connectivity index (χ1v) is 11.0. The summed E-state index contributed by atoms with van der Waals surface area (Å²) in [6.07, 6.45) is 0.961. The summed E-state index contributed by atoms with van der Waals surface area (Å²) in [5.74, 6) is 0. The maximum absolute atomic E-state index is 2.28. The zero-order chi connectivity index (χ0) is 21.6. The number of anilines is 3. The van der Waals surface area contributed by atoms with Gasteiger partial charge in [-0.05, 0) is 65.1 Å². The summed E-state index contributed by atoms with van der Waals surface area (Å²) in [5, 5.41) is 0. The van der Waals surface area contributed by atoms with E-state index in [1.54, 1.807) is 0 Å². The van der Waals surface area contributed by atoms with E-state index in [0.29, 0.717) is 0 Å². The molecule has 5 aromatic rings. The second-order valence-electron chi connectivity index (χ2n) is 7.91. The van der Waals surface area contributed by atoms with Gasteiger partial charge in [0.2, 0.25) is 0 Å². The minimum atomic E-state index is 0.961. The minimum Gasteiger partial charge on any atom is -0.311 e. The van der Waals surface area contributed by atoms with Gasteiger partial charge in [-0.2, -0.15) is 0 Å². The molecule has 0 amide bonds. The van der Waals surface area contributed by atoms with E-state index in [9.17, 15) is 0 Å². The maximum atomic E-state index is 2.28. The van der Waals surface area contributed by atoms with Gasteiger partial charge in [0.25, 0.3) is 0 Å². The number of hydrogen-bond acceptors (Lipinski definition) is 1. The highest BCUT2D eigenvalue weighted by Crippen LogP contribution is 2.35. The topological polar surface area (TPSA) is 3.24 Å². The summed E-state index contributed by atoms with van der Waals surface area (Å²) < 4.78 is 0. The Morgan fingerprint density at radius 1 is 0.344 bits per heavy atom. The molecule has 154 valence electrons. The van der Waals surface area contributed by atoms with Crippen LogP contribution in [0.4, 0.5) is 17.1 Å². The van der Waals surface area contributed by atoms with Crippen molar-refractivity contribution in [3.05, 3.63) is 151 Å². The van der Waals surface area contributed by atoms with Crippen LogP contribution in [0.3, 0.4) is 0 Å². The van der Waals surface area contributed by atoms with E-state index in [1.807, 2.05) is 0 Å². The van der Waals surface area contributed by atoms with Crippen LogP contribution in [0.25, 0.3) is 11.1 Å². The molecule has 0 spiro atoms. The van der Waals surface area contributed by atoms with Gasteiger partial charge in [-0.1, -0.05) is 103 Å². The standard InChI is InChI=1S/C31H25N/c1-4-10-25(11-5-1)24-26-16-18-27(19-17-26)28-20-22-31(23-21-28)32(29-12-6-2-7-13-29)30-14-8-3-9-15-30/h1-23H,24H2. The van der Waals surface area contributed by atoms with Crippen molar-refractivity contribution in [3.63, 3.8) is 0 Å². The van der Waals surface area contributed by atoms with Gasteiger partial charge in [-0.25, -0.2) is 0 Å². The van der Waals surface area contributed by atoms with Crippen molar-refractivity contribution >= 4 is 17.1 Å². The highest BCUT2D eigenvalue weighted by molar-refractivity contribution is 5.78. The van der Waals surface area contributed by atoms with Gasteiger partial charge in [0.05, 0.1) is 0 Å². The average molecular weight is 412 g/mol. The fourth-order valence-electron chi connectivity index (χ4n) is 4.05. The van der Waals surface area contributed by atoms with Crippen molar-refractivity contribution in [2.75, 3.05) is 4.90 Å². The van der Waals surface area contributed by atoms with Gasteiger partial charge < -0.3 is 4.90 Å². The first-order valence-electron chi connectivity index (χ1n) is 11.0. The van der Waals surface area contributed by atoms with E-state index in [2.05, 4.69) is 144 Å². The Morgan fingerprint density at radius 2 is 0.719 bits per heavy atom. The molecule has 0 saturated heterocycles. The molecule has 0 bridgehead atoms. The van der Waals surface area contributed by atoms with E-state index >= 15 is 0 Å². The van der Waals surface area contributed by atoms with Crippen LogP contribution in [-0.4, -0.2) is 0 Å². The molecule has 0 saturated carbocycles. The lowest BCUT2D eigenvalue weighted by molar-refractivity contribution is 1.19. The molecule has 0 N–H and O–H groups in total. The maximum Gasteiger partial charge on any atom is 0.0462 e. The molecule has 5 rings (SSSR count). The van der Waals surface area contributed by atoms with E-state index in [1.165, 1.54) is 22.3 Å². The molecule has 0 fully saturated rings. The first-order chi connectivity index (χ1) is 15.9. The Bertz CT molecular complexity index is 1200. The smallest absolute Gasteiger partial charge is 0.0462 e. The van der Waals surface area contributed by atoms with Crippen LogP contribution in [0.1, 0.15) is 11.1 Å². The van der Waals surface area contributed by atoms with Gasteiger partial charge in [-0.15, -0.1) is 0 Å². The summed E-state index contributed by atoms with van der Waals surface area (Å²) in [7, 11) is 0. The molecule has 5 aromatic carbocycles. The van der Waals surface area contributed by atoms with Crippen LogP contribution >= 0.6 is 0 Å². The molecule has 1 nitrogen and oxygen atoms in total. The summed E-state index contributed by atoms with van der Waals surface area (Å²) in [6.45, 7) is 0. The molecule has 0 aliphatic heterocycles. The fourth-order valence-corrected chi connectivity index (χ4v) is 4.05. The van der Waals surface area contributed by atoms with Crippen molar-refractivity contribution in [1.29, 1.82) is 0 Å². The van der Waals surface area contributed by atoms with Crippen LogP contribution in [-0.2, 0) is 6.42 Å². The van der Waals surface area contributed by atoms with Crippen molar-refractivity contribution in [1.82, 2.24) is 0 Å². The van der Waals surface area contributed by atoms with E-state index < -0.39 is 0 Å². The Morgan fingerprint density at radius 3 is 1.22 bits per heavy atom. The summed E-state index contributed by atoms with van der Waals surface area (Å²) >= 11 is 0. The zero-order valence-corrected chi connectivity index (χ0v) is 17.9. The molecule has 0 heterocycles. The number of hydrogen-bond donors (Lipinski definition) is 0. The lowest BCUT2D eigenvalue weighted by atomic mass is 10.00. The monoisotopic (exact) mass is 411 g/mol. The highest BCUT2D eigenvalue weighted by Gasteiger charge is 2.11. The Balaban J connectivity index is 1.40. The third kappa shape index (κ3) is 4.48. The molecule has 0 radical (unpaired) electrons. The Hall–Kier alpha value is -4.10. The second kappa shape index (κ2) is 9.36. The van der Waals surface area contributed by atoms with Crippen LogP contribution in [0.2, 0.25) is 0 Å². The van der Waals surface area contributed by atoms with E-state index in [0.717, 1.165) is 23.5 Å². The molecule has 0 aliphatic carbocycles. The van der Waals surface area contributed by atoms with Crippen molar-refractivity contribution < 1.29 is 0 Å². The average Bonchev–Trinajstić information content (AvgIpc) is 2.87. The SMILES string of the molecule is c1ccc(Cc2ccc(-c3ccc(N(c4ccccc4)c4ccccc4)cc3)cc2)cc1. The van der Waals surface area contributed by atoms with Crippen molar-refractivity contribution in [2.24, 2.45) is 0 Å². The lowest BCUT2D eigenvalue weighted by Crippen LogP contribution is -2.09. The molecule has 0 atom stereocenters. The third-order valence-electron chi connectivity index (χ3n) is 5.69. The largest absolute Gasteiger partial charge is 0.311 e. The Kier molecular flexibility index (Phi) is 5.80. The van der Waals surface area contributed by atoms with Gasteiger partial charge in [-0.3, -0.25) is 0 Å². The van der Waals surface area contributed by atoms with Crippen molar-refractivity contribution in [3.8, 4) is 11.1 Å². The number of rotatable bonds is 6. The lowest BCUT2D eigenvalue weighted by Gasteiger charge is -2.25. The summed E-state index contributed by atoms with van der Waals surface area (Å²) in [6, 6.07) is 49.3. The molecule has 0 aromatic heterocycles. The molecule has 32 heavy (non-hydrogen) atoms. The van der Waals surface area contributed by atoms with Crippen LogP contribution in [0, 0.1) is 0 Å². The predicted molar refractivity (Wildman–Crippen MR) is 136 cm³/mol. The van der Waals surface area contributed by atoms with E-state index in [-0.39, 0.29) is 0 Å². The van der Waals surface area contributed by atoms with Crippen LogP contribution < -0.4 is 4.90 Å². The minimum absolute atomic E-state index is 0.961. The molecule has 0 unspecified atom stereocenters. The highest BCUT2D eigenvalue weighted by atomic mass is 15.1. The normalized spacial score (nSPS) is 10.6. The first kappa shape index (κ1) is 19.8. The zero-order valence-electron chi connectivity index (χ0n) is 17.9. The molecular weight excluding hydrogens is 386 g/mol. The van der Waals surface area contributed by atoms with Gasteiger partial charge in [0, 0.05) is 17.1 Å². The summed E-state index contributed by atoms with van der Waals surface area (Å²) in [4.78, 5) is 2.28. The third-order valence-corrected chi connectivity index (χ3v) is 5.69. The molecule has 1 heteroatoms. The van der Waals surface area contributed by atoms with Gasteiger partial charge in [0.15, 0.2) is 0 Å².